The number of aldehydes is 1. The van der Waals surface area contributed by atoms with Crippen molar-refractivity contribution in [1.29, 1.82) is 0 Å². The summed E-state index contributed by atoms with van der Waals surface area (Å²) in [4.78, 5) is 10.5. The van der Waals surface area contributed by atoms with Crippen molar-refractivity contribution < 1.29 is 4.79 Å². The number of rotatable bonds is 2. The van der Waals surface area contributed by atoms with Crippen LogP contribution < -0.4 is 0 Å². The summed E-state index contributed by atoms with van der Waals surface area (Å²) >= 11 is 0. The minimum absolute atomic E-state index is 0.354. The Morgan fingerprint density at radius 1 is 1.00 bits per heavy atom. The molecule has 0 saturated heterocycles. The van der Waals surface area contributed by atoms with Crippen molar-refractivity contribution in [2.24, 2.45) is 0 Å². The van der Waals surface area contributed by atoms with Gasteiger partial charge in [-0.2, -0.15) is 0 Å². The van der Waals surface area contributed by atoms with E-state index in [1.54, 1.807) is 12.1 Å². The molecule has 0 aliphatic rings. The summed E-state index contributed by atoms with van der Waals surface area (Å²) in [5.74, 6) is 0. The lowest BCUT2D eigenvalue weighted by Crippen LogP contribution is -1.93. The predicted molar refractivity (Wildman–Crippen MR) is 62.3 cm³/mol. The summed E-state index contributed by atoms with van der Waals surface area (Å²) in [5, 5.41) is 7.82. The molecule has 3 nitrogen and oxygen atoms in total. The molecule has 0 unspecified atom stereocenters. The molecule has 0 fully saturated rings. The average Bonchev–Trinajstić information content (AvgIpc) is 2.33. The first-order valence-corrected chi connectivity index (χ1v) is 5.07. The molecule has 2 rings (SSSR count). The van der Waals surface area contributed by atoms with Crippen LogP contribution in [0.15, 0.2) is 30.3 Å². The molecular weight excluding hydrogens is 200 g/mol. The summed E-state index contributed by atoms with van der Waals surface area (Å²) in [6.07, 6.45) is 0.692. The minimum Gasteiger partial charge on any atom is -0.296 e. The fourth-order valence-corrected chi connectivity index (χ4v) is 1.46. The van der Waals surface area contributed by atoms with Crippen LogP contribution >= 0.6 is 0 Å². The zero-order chi connectivity index (χ0) is 11.5. The van der Waals surface area contributed by atoms with Crippen LogP contribution in [-0.4, -0.2) is 16.5 Å². The Morgan fingerprint density at radius 3 is 2.38 bits per heavy atom. The molecule has 0 bridgehead atoms. The van der Waals surface area contributed by atoms with Crippen LogP contribution in [0.4, 0.5) is 0 Å². The fourth-order valence-electron chi connectivity index (χ4n) is 1.46. The third-order valence-electron chi connectivity index (χ3n) is 2.61. The molecule has 3 heteroatoms. The lowest BCUT2D eigenvalue weighted by Gasteiger charge is -2.03. The summed E-state index contributed by atoms with van der Waals surface area (Å²) in [7, 11) is 0. The standard InChI is InChI=1S/C13H12N2O/c1-9-3-4-11(7-10(9)2)13-6-5-12(8-16)14-15-13/h3-8H,1-2H3. The Hall–Kier alpha value is -2.03. The monoisotopic (exact) mass is 212 g/mol. The van der Waals surface area contributed by atoms with Crippen LogP contribution in [0.25, 0.3) is 11.3 Å². The molecule has 80 valence electrons. The molecule has 0 saturated carbocycles. The molecule has 0 N–H and O–H groups in total. The minimum atomic E-state index is 0.354. The van der Waals surface area contributed by atoms with Crippen LogP contribution in [0.1, 0.15) is 21.6 Å². The first kappa shape index (κ1) is 10.5. The second kappa shape index (κ2) is 4.23. The predicted octanol–water partition coefficient (Wildman–Crippen LogP) is 2.57. The molecule has 0 aliphatic carbocycles. The normalized spacial score (nSPS) is 10.1. The van der Waals surface area contributed by atoms with Crippen LogP contribution in [0.5, 0.6) is 0 Å². The molecule has 2 aromatic rings. The molecule has 0 aliphatic heterocycles. The molecule has 0 spiro atoms. The highest BCUT2D eigenvalue weighted by molar-refractivity contribution is 5.72. The molecule has 0 atom stereocenters. The van der Waals surface area contributed by atoms with Gasteiger partial charge in [0.15, 0.2) is 6.29 Å². The smallest absolute Gasteiger partial charge is 0.170 e. The average molecular weight is 212 g/mol. The summed E-state index contributed by atoms with van der Waals surface area (Å²) in [6, 6.07) is 9.61. The number of nitrogens with zero attached hydrogens (tertiary/aromatic N) is 2. The van der Waals surface area contributed by atoms with Gasteiger partial charge in [0.25, 0.3) is 0 Å². The number of aryl methyl sites for hydroxylation is 2. The highest BCUT2D eigenvalue weighted by Gasteiger charge is 2.02. The summed E-state index contributed by atoms with van der Waals surface area (Å²) < 4.78 is 0. The van der Waals surface area contributed by atoms with Gasteiger partial charge >= 0.3 is 0 Å². The van der Waals surface area contributed by atoms with E-state index in [0.717, 1.165) is 11.3 Å². The Labute approximate surface area is 94.2 Å². The number of hydrogen-bond acceptors (Lipinski definition) is 3. The van der Waals surface area contributed by atoms with E-state index in [1.165, 1.54) is 11.1 Å². The Balaban J connectivity index is 2.42. The quantitative estimate of drug-likeness (QED) is 0.718. The third kappa shape index (κ3) is 1.98. The van der Waals surface area contributed by atoms with Crippen LogP contribution in [0.2, 0.25) is 0 Å². The number of carbonyl (C=O) groups excluding carboxylic acids is 1. The molecule has 16 heavy (non-hydrogen) atoms. The highest BCUT2D eigenvalue weighted by atomic mass is 16.1. The fraction of sp³-hybridized carbons (Fsp3) is 0.154. The lowest BCUT2D eigenvalue weighted by atomic mass is 10.0. The zero-order valence-corrected chi connectivity index (χ0v) is 9.27. The van der Waals surface area contributed by atoms with Gasteiger partial charge in [-0.25, -0.2) is 0 Å². The second-order valence-corrected chi connectivity index (χ2v) is 3.76. The second-order valence-electron chi connectivity index (χ2n) is 3.76. The molecule has 1 heterocycles. The maximum Gasteiger partial charge on any atom is 0.170 e. The Morgan fingerprint density at radius 2 is 1.81 bits per heavy atom. The van der Waals surface area contributed by atoms with E-state index in [-0.39, 0.29) is 0 Å². The van der Waals surface area contributed by atoms with Gasteiger partial charge in [-0.3, -0.25) is 4.79 Å². The first-order chi connectivity index (χ1) is 7.70. The maximum atomic E-state index is 10.5. The number of benzene rings is 1. The van der Waals surface area contributed by atoms with Gasteiger partial charge < -0.3 is 0 Å². The van der Waals surface area contributed by atoms with Crippen molar-refractivity contribution in [3.05, 3.63) is 47.2 Å². The van der Waals surface area contributed by atoms with E-state index in [1.807, 2.05) is 6.07 Å². The van der Waals surface area contributed by atoms with Gasteiger partial charge in [0, 0.05) is 5.56 Å². The van der Waals surface area contributed by atoms with Crippen molar-refractivity contribution in [3.8, 4) is 11.3 Å². The van der Waals surface area contributed by atoms with E-state index >= 15 is 0 Å². The van der Waals surface area contributed by atoms with E-state index < -0.39 is 0 Å². The van der Waals surface area contributed by atoms with Crippen molar-refractivity contribution in [2.45, 2.75) is 13.8 Å². The molecule has 1 aromatic carbocycles. The van der Waals surface area contributed by atoms with E-state index in [0.29, 0.717) is 12.0 Å². The third-order valence-corrected chi connectivity index (χ3v) is 2.61. The Bertz CT molecular complexity index is 518. The van der Waals surface area contributed by atoms with Crippen molar-refractivity contribution in [2.75, 3.05) is 0 Å². The van der Waals surface area contributed by atoms with Gasteiger partial charge in [-0.05, 0) is 43.2 Å². The van der Waals surface area contributed by atoms with Gasteiger partial charge in [0.2, 0.25) is 0 Å². The van der Waals surface area contributed by atoms with Gasteiger partial charge in [0.1, 0.15) is 5.69 Å². The van der Waals surface area contributed by atoms with Crippen LogP contribution in [-0.2, 0) is 0 Å². The Kier molecular flexibility index (Phi) is 2.77. The topological polar surface area (TPSA) is 42.9 Å². The van der Waals surface area contributed by atoms with Crippen molar-refractivity contribution >= 4 is 6.29 Å². The van der Waals surface area contributed by atoms with E-state index in [9.17, 15) is 4.79 Å². The van der Waals surface area contributed by atoms with Gasteiger partial charge in [-0.1, -0.05) is 12.1 Å². The van der Waals surface area contributed by atoms with Gasteiger partial charge in [0.05, 0.1) is 5.69 Å². The lowest BCUT2D eigenvalue weighted by molar-refractivity contribution is 0.111. The first-order valence-electron chi connectivity index (χ1n) is 5.07. The molecular formula is C13H12N2O. The largest absolute Gasteiger partial charge is 0.296 e. The summed E-state index contributed by atoms with van der Waals surface area (Å²) in [5.41, 5.74) is 4.63. The molecule has 0 amide bonds. The van der Waals surface area contributed by atoms with Crippen LogP contribution in [0.3, 0.4) is 0 Å². The van der Waals surface area contributed by atoms with Gasteiger partial charge in [-0.15, -0.1) is 10.2 Å². The number of hydrogen-bond donors (Lipinski definition) is 0. The highest BCUT2D eigenvalue weighted by Crippen LogP contribution is 2.19. The van der Waals surface area contributed by atoms with Crippen molar-refractivity contribution in [1.82, 2.24) is 10.2 Å². The zero-order valence-electron chi connectivity index (χ0n) is 9.27. The van der Waals surface area contributed by atoms with Crippen molar-refractivity contribution in [3.63, 3.8) is 0 Å². The number of aromatic nitrogens is 2. The molecule has 1 aromatic heterocycles. The maximum absolute atomic E-state index is 10.5. The molecule has 0 radical (unpaired) electrons. The SMILES string of the molecule is Cc1ccc(-c2ccc(C=O)nn2)cc1C. The number of carbonyl (C=O) groups is 1. The summed E-state index contributed by atoms with van der Waals surface area (Å²) in [6.45, 7) is 4.13. The van der Waals surface area contributed by atoms with E-state index in [4.69, 9.17) is 0 Å². The van der Waals surface area contributed by atoms with E-state index in [2.05, 4.69) is 36.2 Å². The van der Waals surface area contributed by atoms with Crippen LogP contribution in [0, 0.1) is 13.8 Å².